The van der Waals surface area contributed by atoms with E-state index in [9.17, 15) is 18.0 Å². The van der Waals surface area contributed by atoms with Crippen LogP contribution in [0.3, 0.4) is 0 Å². The van der Waals surface area contributed by atoms with Crippen molar-refractivity contribution in [3.05, 3.63) is 24.2 Å². The van der Waals surface area contributed by atoms with Gasteiger partial charge in [0.25, 0.3) is 0 Å². The van der Waals surface area contributed by atoms with Crippen LogP contribution in [0.2, 0.25) is 0 Å². The molecule has 7 heteroatoms. The molecule has 0 aliphatic heterocycles. The Bertz CT molecular complexity index is 322. The van der Waals surface area contributed by atoms with Gasteiger partial charge >= 0.3 is 12.1 Å². The van der Waals surface area contributed by atoms with Gasteiger partial charge in [-0.3, -0.25) is 0 Å². The van der Waals surface area contributed by atoms with E-state index in [2.05, 4.69) is 11.3 Å². The number of hydrogen-bond acceptors (Lipinski definition) is 4. The molecule has 0 rings (SSSR count). The molecule has 0 aromatic carbocycles. The molecule has 0 bridgehead atoms. The van der Waals surface area contributed by atoms with Crippen molar-refractivity contribution >= 4 is 5.97 Å². The summed E-state index contributed by atoms with van der Waals surface area (Å²) in [6.45, 7) is 4.90. The van der Waals surface area contributed by atoms with E-state index in [-0.39, 0.29) is 12.4 Å². The predicted octanol–water partition coefficient (Wildman–Crippen LogP) is 1.62. The fourth-order valence-corrected chi connectivity index (χ4v) is 0.758. The van der Waals surface area contributed by atoms with Crippen molar-refractivity contribution < 1.29 is 22.7 Å². The molecule has 0 heterocycles. The van der Waals surface area contributed by atoms with E-state index in [0.29, 0.717) is 6.08 Å². The van der Waals surface area contributed by atoms with Gasteiger partial charge in [0.1, 0.15) is 5.70 Å². The number of nitrogens with one attached hydrogen (secondary N) is 1. The van der Waals surface area contributed by atoms with Crippen molar-refractivity contribution in [1.82, 2.24) is 10.2 Å². The molecule has 98 valence electrons. The normalized spacial score (nSPS) is 12.0. The Morgan fingerprint density at radius 1 is 1.47 bits per heavy atom. The van der Waals surface area contributed by atoms with Crippen LogP contribution in [0.5, 0.6) is 0 Å². The van der Waals surface area contributed by atoms with E-state index in [1.807, 2.05) is 5.32 Å². The lowest BCUT2D eigenvalue weighted by atomic mass is 10.3. The highest BCUT2D eigenvalue weighted by Gasteiger charge is 2.35. The molecule has 0 aromatic heterocycles. The molecule has 1 N–H and O–H groups in total. The number of nitrogens with zero attached hydrogens (tertiary/aromatic N) is 1. The van der Waals surface area contributed by atoms with Crippen LogP contribution in [0.25, 0.3) is 0 Å². The Morgan fingerprint density at radius 3 is 2.35 bits per heavy atom. The standard InChI is InChI=1S/C10H15F3N2O2/c1-5-17-9(16)6-8(10(11,12)13)14-7(2)15(3)4/h6,14H,2,5H2,1,3-4H3/b8-6-. The van der Waals surface area contributed by atoms with Gasteiger partial charge in [-0.2, -0.15) is 13.2 Å². The smallest absolute Gasteiger partial charge is 0.431 e. The quantitative estimate of drug-likeness (QED) is 0.596. The molecule has 4 nitrogen and oxygen atoms in total. The third-order valence-corrected chi connectivity index (χ3v) is 1.67. The first kappa shape index (κ1) is 15.3. The Balaban J connectivity index is 4.91. The van der Waals surface area contributed by atoms with Gasteiger partial charge in [-0.05, 0) is 6.92 Å². The number of allylic oxidation sites excluding steroid dienone is 1. The largest absolute Gasteiger partial charge is 0.463 e. The van der Waals surface area contributed by atoms with E-state index in [1.165, 1.54) is 25.9 Å². The van der Waals surface area contributed by atoms with Crippen LogP contribution in [-0.2, 0) is 9.53 Å². The Morgan fingerprint density at radius 2 is 2.00 bits per heavy atom. The average molecular weight is 252 g/mol. The van der Waals surface area contributed by atoms with Gasteiger partial charge < -0.3 is 15.0 Å². The number of alkyl halides is 3. The van der Waals surface area contributed by atoms with Crippen molar-refractivity contribution in [1.29, 1.82) is 0 Å². The Kier molecular flexibility index (Phi) is 5.57. The summed E-state index contributed by atoms with van der Waals surface area (Å²) in [6, 6.07) is 0. The molecule has 0 amide bonds. The number of rotatable bonds is 5. The molecule has 0 aliphatic rings. The molecule has 0 saturated heterocycles. The molecule has 0 aliphatic carbocycles. The van der Waals surface area contributed by atoms with Crippen LogP contribution in [0, 0.1) is 0 Å². The lowest BCUT2D eigenvalue weighted by Gasteiger charge is -2.20. The zero-order valence-corrected chi connectivity index (χ0v) is 9.89. The predicted molar refractivity (Wildman–Crippen MR) is 56.7 cm³/mol. The van der Waals surface area contributed by atoms with Gasteiger partial charge in [-0.15, -0.1) is 0 Å². The maximum Gasteiger partial charge on any atom is 0.431 e. The van der Waals surface area contributed by atoms with E-state index >= 15 is 0 Å². The van der Waals surface area contributed by atoms with Gasteiger partial charge in [-0.25, -0.2) is 4.79 Å². The van der Waals surface area contributed by atoms with Crippen LogP contribution >= 0.6 is 0 Å². The van der Waals surface area contributed by atoms with E-state index in [4.69, 9.17) is 0 Å². The number of halogens is 3. The van der Waals surface area contributed by atoms with Gasteiger partial charge in [0, 0.05) is 14.1 Å². The summed E-state index contributed by atoms with van der Waals surface area (Å²) in [5, 5.41) is 2.01. The summed E-state index contributed by atoms with van der Waals surface area (Å²) in [7, 11) is 3.04. The van der Waals surface area contributed by atoms with Crippen LogP contribution < -0.4 is 5.32 Å². The second-order valence-corrected chi connectivity index (χ2v) is 3.27. The molecule has 0 saturated carbocycles. The highest BCUT2D eigenvalue weighted by molar-refractivity contribution is 5.82. The van der Waals surface area contributed by atoms with Crippen LogP contribution in [0.1, 0.15) is 6.92 Å². The number of carbonyl (C=O) groups is 1. The van der Waals surface area contributed by atoms with Crippen LogP contribution in [0.4, 0.5) is 13.2 Å². The van der Waals surface area contributed by atoms with Gasteiger partial charge in [0.15, 0.2) is 0 Å². The minimum Gasteiger partial charge on any atom is -0.463 e. The molecule has 0 atom stereocenters. The first-order valence-corrected chi connectivity index (χ1v) is 4.77. The second-order valence-electron chi connectivity index (χ2n) is 3.27. The van der Waals surface area contributed by atoms with Crippen LogP contribution in [0.15, 0.2) is 24.2 Å². The first-order valence-electron chi connectivity index (χ1n) is 4.77. The lowest BCUT2D eigenvalue weighted by Crippen LogP contribution is -2.31. The average Bonchev–Trinajstić information content (AvgIpc) is 2.15. The monoisotopic (exact) mass is 252 g/mol. The summed E-state index contributed by atoms with van der Waals surface area (Å²) in [6.07, 6.45) is -4.32. The van der Waals surface area contributed by atoms with Crippen molar-refractivity contribution in [2.75, 3.05) is 20.7 Å². The summed E-state index contributed by atoms with van der Waals surface area (Å²) >= 11 is 0. The van der Waals surface area contributed by atoms with Gasteiger partial charge in [0.05, 0.1) is 18.5 Å². The molecule has 0 radical (unpaired) electrons. The molecule has 0 fully saturated rings. The molecular formula is C10H15F3N2O2. The van der Waals surface area contributed by atoms with E-state index in [0.717, 1.165) is 0 Å². The van der Waals surface area contributed by atoms with Crippen molar-refractivity contribution in [3.63, 3.8) is 0 Å². The molecule has 0 unspecified atom stereocenters. The summed E-state index contributed by atoms with van der Waals surface area (Å²) in [5.41, 5.74) is -1.21. The maximum atomic E-state index is 12.5. The molecular weight excluding hydrogens is 237 g/mol. The zero-order chi connectivity index (χ0) is 13.6. The molecule has 0 spiro atoms. The summed E-state index contributed by atoms with van der Waals surface area (Å²) in [5.74, 6) is -1.04. The highest BCUT2D eigenvalue weighted by Crippen LogP contribution is 2.24. The number of ether oxygens (including phenoxy) is 1. The number of carbonyl (C=O) groups excluding carboxylic acids is 1. The number of esters is 1. The third kappa shape index (κ3) is 5.84. The number of hydrogen-bond donors (Lipinski definition) is 1. The molecule has 0 aromatic rings. The van der Waals surface area contributed by atoms with E-state index < -0.39 is 17.8 Å². The van der Waals surface area contributed by atoms with Gasteiger partial charge in [0.2, 0.25) is 0 Å². The fraction of sp³-hybridized carbons (Fsp3) is 0.500. The maximum absolute atomic E-state index is 12.5. The van der Waals surface area contributed by atoms with Crippen LogP contribution in [-0.4, -0.2) is 37.7 Å². The lowest BCUT2D eigenvalue weighted by molar-refractivity contribution is -0.138. The topological polar surface area (TPSA) is 41.6 Å². The highest BCUT2D eigenvalue weighted by atomic mass is 19.4. The SMILES string of the molecule is C=C(N/C(=C\C(=O)OCC)C(F)(F)F)N(C)C. The molecule has 17 heavy (non-hydrogen) atoms. The minimum absolute atomic E-state index is 0.00903. The van der Waals surface area contributed by atoms with Crippen molar-refractivity contribution in [2.24, 2.45) is 0 Å². The fourth-order valence-electron chi connectivity index (χ4n) is 0.758. The van der Waals surface area contributed by atoms with Crippen molar-refractivity contribution in [2.45, 2.75) is 13.1 Å². The minimum atomic E-state index is -4.67. The first-order chi connectivity index (χ1) is 7.68. The Labute approximate surface area is 97.7 Å². The summed E-state index contributed by atoms with van der Waals surface area (Å²) in [4.78, 5) is 12.3. The third-order valence-electron chi connectivity index (χ3n) is 1.67. The summed E-state index contributed by atoms with van der Waals surface area (Å²) < 4.78 is 42.0. The van der Waals surface area contributed by atoms with Crippen molar-refractivity contribution in [3.8, 4) is 0 Å². The Hall–Kier alpha value is -1.66. The van der Waals surface area contributed by atoms with Gasteiger partial charge in [-0.1, -0.05) is 6.58 Å². The second kappa shape index (κ2) is 6.17. The van der Waals surface area contributed by atoms with E-state index in [1.54, 1.807) is 0 Å². The zero-order valence-electron chi connectivity index (χ0n) is 9.89.